The number of nitrogens with one attached hydrogen (secondary N) is 2. The molecule has 0 bridgehead atoms. The summed E-state index contributed by atoms with van der Waals surface area (Å²) >= 11 is 0. The lowest BCUT2D eigenvalue weighted by Crippen LogP contribution is -2.50. The first-order chi connectivity index (χ1) is 21.8. The van der Waals surface area contributed by atoms with Gasteiger partial charge in [-0.25, -0.2) is 14.2 Å². The van der Waals surface area contributed by atoms with Crippen LogP contribution in [0.5, 0.6) is 5.75 Å². The number of ketones is 1. The predicted molar refractivity (Wildman–Crippen MR) is 168 cm³/mol. The number of urea groups is 1. The quantitative estimate of drug-likeness (QED) is 0.200. The van der Waals surface area contributed by atoms with E-state index in [0.29, 0.717) is 57.9 Å². The van der Waals surface area contributed by atoms with E-state index >= 15 is 0 Å². The molecular formula is C34H34FN5O6. The molecule has 0 aliphatic carbocycles. The highest BCUT2D eigenvalue weighted by molar-refractivity contribution is 6.06. The normalized spacial score (nSPS) is 18.6. The Morgan fingerprint density at radius 3 is 2.57 bits per heavy atom. The number of halogens is 1. The third kappa shape index (κ3) is 5.88. The highest BCUT2D eigenvalue weighted by Crippen LogP contribution is 2.46. The summed E-state index contributed by atoms with van der Waals surface area (Å²) in [5.74, 6) is -0.984. The van der Waals surface area contributed by atoms with Crippen LogP contribution in [0.2, 0.25) is 0 Å². The van der Waals surface area contributed by atoms with Gasteiger partial charge >= 0.3 is 6.03 Å². The first kappa shape index (κ1) is 31.1. The summed E-state index contributed by atoms with van der Waals surface area (Å²) in [4.78, 5) is 47.9. The van der Waals surface area contributed by atoms with Gasteiger partial charge in [-0.3, -0.25) is 14.6 Å². The zero-order chi connectivity index (χ0) is 32.8. The molecule has 12 heteroatoms. The van der Waals surface area contributed by atoms with E-state index in [1.54, 1.807) is 31.3 Å². The summed E-state index contributed by atoms with van der Waals surface area (Å²) < 4.78 is 24.7. The summed E-state index contributed by atoms with van der Waals surface area (Å²) in [6.45, 7) is 5.92. The van der Waals surface area contributed by atoms with Gasteiger partial charge in [0.05, 0.1) is 36.2 Å². The third-order valence-corrected chi connectivity index (χ3v) is 8.59. The molecule has 0 spiro atoms. The molecule has 5 N–H and O–H groups in total. The third-order valence-electron chi connectivity index (χ3n) is 8.59. The first-order valence-electron chi connectivity index (χ1n) is 14.9. The number of pyridine rings is 2. The van der Waals surface area contributed by atoms with Crippen molar-refractivity contribution in [1.82, 2.24) is 15.3 Å². The Morgan fingerprint density at radius 2 is 1.89 bits per heavy atom. The number of aromatic nitrogens is 2. The molecule has 1 fully saturated rings. The van der Waals surface area contributed by atoms with Crippen molar-refractivity contribution in [2.24, 2.45) is 5.73 Å². The van der Waals surface area contributed by atoms with E-state index in [4.69, 9.17) is 20.2 Å². The highest BCUT2D eigenvalue weighted by atomic mass is 19.1. The molecule has 2 atom stereocenters. The van der Waals surface area contributed by atoms with Crippen LogP contribution in [0.1, 0.15) is 53.9 Å². The minimum atomic E-state index is -1.62. The van der Waals surface area contributed by atoms with Crippen LogP contribution in [0.25, 0.3) is 22.2 Å². The molecule has 6 rings (SSSR count). The Morgan fingerprint density at radius 1 is 1.15 bits per heavy atom. The maximum atomic E-state index is 13.7. The Labute approximate surface area is 264 Å². The standard InChI is InChI=1S/C34H34FN5O6/c1-18-10-21-11-20(12-25(28(21)37-14-18)39-32(43)38-23-15-45-16-23)26(41)8-9-34(3,44)27-13-24-30(46-17-33(24,2)31(36)42)29(40-27)19-4-6-22(35)7-5-19/h4-7,10-14,23,44H,8-9,15-17H2,1-3H3,(H2,36,42)(H2,38,39,43)/t33-,34-/m0/s1. The number of aryl methyl sites for hydroxylation is 1. The van der Waals surface area contributed by atoms with Gasteiger partial charge in [0.2, 0.25) is 5.91 Å². The molecule has 2 aliphatic heterocycles. The maximum absolute atomic E-state index is 13.7. The number of carbonyl (C=O) groups excluding carboxylic acids is 3. The number of benzene rings is 2. The number of aliphatic hydroxyl groups is 1. The molecule has 238 valence electrons. The van der Waals surface area contributed by atoms with Crippen LogP contribution in [0.3, 0.4) is 0 Å². The number of fused-ring (bicyclic) bond motifs is 2. The number of primary amides is 1. The maximum Gasteiger partial charge on any atom is 0.319 e. The second-order valence-corrected chi connectivity index (χ2v) is 12.4. The van der Waals surface area contributed by atoms with Gasteiger partial charge in [0, 0.05) is 34.7 Å². The van der Waals surface area contributed by atoms with Gasteiger partial charge < -0.3 is 30.9 Å². The summed E-state index contributed by atoms with van der Waals surface area (Å²) in [6, 6.07) is 11.9. The van der Waals surface area contributed by atoms with Crippen LogP contribution >= 0.6 is 0 Å². The Balaban J connectivity index is 1.30. The fourth-order valence-electron chi connectivity index (χ4n) is 5.58. The number of amides is 3. The lowest BCUT2D eigenvalue weighted by atomic mass is 9.81. The van der Waals surface area contributed by atoms with E-state index in [1.807, 2.05) is 13.0 Å². The summed E-state index contributed by atoms with van der Waals surface area (Å²) in [5.41, 5.74) is 6.58. The van der Waals surface area contributed by atoms with E-state index in [1.165, 1.54) is 31.2 Å². The second kappa shape index (κ2) is 11.8. The minimum Gasteiger partial charge on any atom is -0.489 e. The molecule has 2 aromatic carbocycles. The van der Waals surface area contributed by atoms with Crippen molar-refractivity contribution in [2.75, 3.05) is 25.1 Å². The number of Topliss-reactive ketones (excluding diaryl/α,β-unsaturated/α-hetero) is 1. The highest BCUT2D eigenvalue weighted by Gasteiger charge is 2.45. The molecule has 0 unspecified atom stereocenters. The van der Waals surface area contributed by atoms with Gasteiger partial charge in [-0.1, -0.05) is 0 Å². The van der Waals surface area contributed by atoms with Crippen LogP contribution in [-0.4, -0.2) is 58.7 Å². The molecule has 11 nitrogen and oxygen atoms in total. The Bertz CT molecular complexity index is 1870. The fourth-order valence-corrected chi connectivity index (χ4v) is 5.58. The molecule has 1 saturated heterocycles. The van der Waals surface area contributed by atoms with Gasteiger partial charge in [0.15, 0.2) is 5.78 Å². The molecule has 46 heavy (non-hydrogen) atoms. The number of ether oxygens (including phenoxy) is 2. The SMILES string of the molecule is Cc1cnc2c(NC(=O)NC3COC3)cc(C(=O)CC[C@](C)(O)c3cc4c(c(-c5ccc(F)cc5)n3)OC[C@]4(C)C(N)=O)cc2c1. The summed E-state index contributed by atoms with van der Waals surface area (Å²) in [6.07, 6.45) is 1.59. The molecule has 0 radical (unpaired) electrons. The van der Waals surface area contributed by atoms with Crippen LogP contribution in [0, 0.1) is 12.7 Å². The van der Waals surface area contributed by atoms with Gasteiger partial charge in [-0.2, -0.15) is 0 Å². The van der Waals surface area contributed by atoms with E-state index < -0.39 is 28.8 Å². The van der Waals surface area contributed by atoms with E-state index in [2.05, 4.69) is 15.6 Å². The molecule has 2 aliphatic rings. The van der Waals surface area contributed by atoms with E-state index in [-0.39, 0.29) is 37.0 Å². The van der Waals surface area contributed by atoms with Gasteiger partial charge in [-0.15, -0.1) is 0 Å². The smallest absolute Gasteiger partial charge is 0.319 e. The van der Waals surface area contributed by atoms with Gasteiger partial charge in [0.1, 0.15) is 34.9 Å². The number of anilines is 1. The molecule has 2 aromatic heterocycles. The number of hydrogen-bond acceptors (Lipinski definition) is 8. The van der Waals surface area contributed by atoms with Crippen molar-refractivity contribution in [3.63, 3.8) is 0 Å². The number of rotatable bonds is 9. The lowest BCUT2D eigenvalue weighted by molar-refractivity contribution is -0.123. The average Bonchev–Trinajstić information content (AvgIpc) is 3.35. The second-order valence-electron chi connectivity index (χ2n) is 12.4. The largest absolute Gasteiger partial charge is 0.489 e. The molecule has 4 heterocycles. The topological polar surface area (TPSA) is 166 Å². The van der Waals surface area contributed by atoms with Crippen LogP contribution in [0.4, 0.5) is 14.9 Å². The van der Waals surface area contributed by atoms with Crippen LogP contribution in [0.15, 0.2) is 54.7 Å². The molecular weight excluding hydrogens is 593 g/mol. The molecule has 0 saturated carbocycles. The first-order valence-corrected chi connectivity index (χ1v) is 14.9. The minimum absolute atomic E-state index is 0.0171. The number of carbonyl (C=O) groups is 3. The van der Waals surface area contributed by atoms with Gasteiger partial charge in [0.25, 0.3) is 0 Å². The summed E-state index contributed by atoms with van der Waals surface area (Å²) in [7, 11) is 0. The number of nitrogens with zero attached hydrogens (tertiary/aromatic N) is 2. The predicted octanol–water partition coefficient (Wildman–Crippen LogP) is 4.27. The van der Waals surface area contributed by atoms with Crippen molar-refractivity contribution < 1.29 is 33.4 Å². The van der Waals surface area contributed by atoms with Crippen molar-refractivity contribution in [3.8, 4) is 17.0 Å². The number of hydrogen-bond donors (Lipinski definition) is 4. The average molecular weight is 628 g/mol. The lowest BCUT2D eigenvalue weighted by Gasteiger charge is -2.27. The number of nitrogens with two attached hydrogens (primary N) is 1. The zero-order valence-electron chi connectivity index (χ0n) is 25.6. The molecule has 4 aromatic rings. The van der Waals surface area contributed by atoms with Crippen LogP contribution < -0.4 is 21.1 Å². The van der Waals surface area contributed by atoms with Gasteiger partial charge in [-0.05, 0) is 81.3 Å². The van der Waals surface area contributed by atoms with Crippen molar-refractivity contribution in [2.45, 2.75) is 50.7 Å². The van der Waals surface area contributed by atoms with Crippen molar-refractivity contribution in [3.05, 3.63) is 82.9 Å². The fraction of sp³-hybridized carbons (Fsp3) is 0.324. The summed E-state index contributed by atoms with van der Waals surface area (Å²) in [5, 5.41) is 18.0. The van der Waals surface area contributed by atoms with Crippen molar-refractivity contribution >= 4 is 34.3 Å². The van der Waals surface area contributed by atoms with Crippen LogP contribution in [-0.2, 0) is 20.5 Å². The van der Waals surface area contributed by atoms with Crippen molar-refractivity contribution in [1.29, 1.82) is 0 Å². The Kier molecular flexibility index (Phi) is 7.95. The van der Waals surface area contributed by atoms with E-state index in [9.17, 15) is 23.9 Å². The molecule has 3 amide bonds. The Hall–Kier alpha value is -4.94. The van der Waals surface area contributed by atoms with E-state index in [0.717, 1.165) is 5.56 Å². The monoisotopic (exact) mass is 627 g/mol. The zero-order valence-corrected chi connectivity index (χ0v) is 25.6.